The molecule has 0 aliphatic heterocycles. The SMILES string of the molecule is O=C(CCO)c1ccc(OC(F)F)cc1. The van der Waals surface area contributed by atoms with Crippen molar-refractivity contribution in [1.82, 2.24) is 0 Å². The maximum absolute atomic E-state index is 11.8. The maximum Gasteiger partial charge on any atom is 0.387 e. The summed E-state index contributed by atoms with van der Waals surface area (Å²) < 4.78 is 27.7. The van der Waals surface area contributed by atoms with Crippen molar-refractivity contribution in [3.8, 4) is 5.75 Å². The van der Waals surface area contributed by atoms with Crippen molar-refractivity contribution in [3.63, 3.8) is 0 Å². The number of ketones is 1. The third kappa shape index (κ3) is 3.63. The number of hydrogen-bond acceptors (Lipinski definition) is 3. The number of alkyl halides is 2. The van der Waals surface area contributed by atoms with Crippen molar-refractivity contribution in [1.29, 1.82) is 0 Å². The monoisotopic (exact) mass is 216 g/mol. The summed E-state index contributed by atoms with van der Waals surface area (Å²) >= 11 is 0. The molecule has 3 nitrogen and oxygen atoms in total. The van der Waals surface area contributed by atoms with Gasteiger partial charge in [0, 0.05) is 12.0 Å². The summed E-state index contributed by atoms with van der Waals surface area (Å²) in [6.07, 6.45) is 0.0229. The highest BCUT2D eigenvalue weighted by Gasteiger charge is 2.07. The van der Waals surface area contributed by atoms with E-state index in [0.717, 1.165) is 0 Å². The fraction of sp³-hybridized carbons (Fsp3) is 0.300. The number of aliphatic hydroxyl groups is 1. The summed E-state index contributed by atoms with van der Waals surface area (Å²) in [5.74, 6) is -0.230. The molecule has 0 bridgehead atoms. The molecule has 0 aromatic heterocycles. The van der Waals surface area contributed by atoms with Gasteiger partial charge in [0.15, 0.2) is 5.78 Å². The average Bonchev–Trinajstić information content (AvgIpc) is 2.18. The van der Waals surface area contributed by atoms with Crippen LogP contribution in [0, 0.1) is 0 Å². The molecular weight excluding hydrogens is 206 g/mol. The predicted octanol–water partition coefficient (Wildman–Crippen LogP) is 1.85. The van der Waals surface area contributed by atoms with E-state index >= 15 is 0 Å². The Kier molecular flexibility index (Phi) is 4.17. The highest BCUT2D eigenvalue weighted by Crippen LogP contribution is 2.15. The topological polar surface area (TPSA) is 46.5 Å². The summed E-state index contributed by atoms with van der Waals surface area (Å²) in [4.78, 5) is 11.2. The molecule has 1 N–H and O–H groups in total. The molecule has 0 atom stereocenters. The van der Waals surface area contributed by atoms with E-state index in [0.29, 0.717) is 5.56 Å². The number of Topliss-reactive ketones (excluding diaryl/α,β-unsaturated/α-hetero) is 1. The number of carbonyl (C=O) groups is 1. The maximum atomic E-state index is 11.8. The van der Waals surface area contributed by atoms with Crippen molar-refractivity contribution in [2.45, 2.75) is 13.0 Å². The zero-order valence-electron chi connectivity index (χ0n) is 7.82. The van der Waals surface area contributed by atoms with Gasteiger partial charge in [0.25, 0.3) is 0 Å². The minimum Gasteiger partial charge on any atom is -0.435 e. The number of carbonyl (C=O) groups excluding carboxylic acids is 1. The molecular formula is C10H10F2O3. The van der Waals surface area contributed by atoms with E-state index in [2.05, 4.69) is 4.74 Å². The third-order valence-electron chi connectivity index (χ3n) is 1.74. The van der Waals surface area contributed by atoms with Gasteiger partial charge in [-0.15, -0.1) is 0 Å². The Hall–Kier alpha value is -1.49. The molecule has 1 rings (SSSR count). The van der Waals surface area contributed by atoms with Crippen LogP contribution in [-0.2, 0) is 0 Å². The molecule has 1 aromatic carbocycles. The van der Waals surface area contributed by atoms with Crippen LogP contribution in [0.3, 0.4) is 0 Å². The smallest absolute Gasteiger partial charge is 0.387 e. The molecule has 0 heterocycles. The van der Waals surface area contributed by atoms with Gasteiger partial charge < -0.3 is 9.84 Å². The molecule has 0 spiro atoms. The number of rotatable bonds is 5. The molecule has 0 aliphatic rings. The Morgan fingerprint density at radius 1 is 1.33 bits per heavy atom. The summed E-state index contributed by atoms with van der Waals surface area (Å²) in [5.41, 5.74) is 0.366. The molecule has 82 valence electrons. The van der Waals surface area contributed by atoms with Crippen LogP contribution in [0.4, 0.5) is 8.78 Å². The highest BCUT2D eigenvalue weighted by atomic mass is 19.3. The second-order valence-electron chi connectivity index (χ2n) is 2.80. The zero-order chi connectivity index (χ0) is 11.3. The van der Waals surface area contributed by atoms with Crippen LogP contribution in [0.15, 0.2) is 24.3 Å². The van der Waals surface area contributed by atoms with Gasteiger partial charge in [-0.3, -0.25) is 4.79 Å². The van der Waals surface area contributed by atoms with Crippen LogP contribution in [0.5, 0.6) is 5.75 Å². The van der Waals surface area contributed by atoms with Crippen LogP contribution in [-0.4, -0.2) is 24.1 Å². The van der Waals surface area contributed by atoms with Crippen LogP contribution in [0.2, 0.25) is 0 Å². The van der Waals surface area contributed by atoms with Gasteiger partial charge in [-0.05, 0) is 24.3 Å². The Bertz CT molecular complexity index is 322. The van der Waals surface area contributed by atoms with E-state index in [1.54, 1.807) is 0 Å². The van der Waals surface area contributed by atoms with E-state index in [1.165, 1.54) is 24.3 Å². The minimum absolute atomic E-state index is 0.00514. The number of aliphatic hydroxyl groups excluding tert-OH is 1. The molecule has 0 radical (unpaired) electrons. The lowest BCUT2D eigenvalue weighted by Crippen LogP contribution is -2.04. The molecule has 15 heavy (non-hydrogen) atoms. The Balaban J connectivity index is 2.67. The van der Waals surface area contributed by atoms with Crippen LogP contribution in [0.25, 0.3) is 0 Å². The number of benzene rings is 1. The summed E-state index contributed by atoms with van der Waals surface area (Å²) in [6, 6.07) is 5.35. The Morgan fingerprint density at radius 3 is 2.40 bits per heavy atom. The van der Waals surface area contributed by atoms with Crippen molar-refractivity contribution >= 4 is 5.78 Å². The first kappa shape index (κ1) is 11.6. The normalized spacial score (nSPS) is 10.4. The van der Waals surface area contributed by atoms with E-state index in [1.807, 2.05) is 0 Å². The lowest BCUT2D eigenvalue weighted by atomic mass is 10.1. The first-order valence-electron chi connectivity index (χ1n) is 4.32. The fourth-order valence-electron chi connectivity index (χ4n) is 1.07. The summed E-state index contributed by atoms with van der Waals surface area (Å²) in [6.45, 7) is -3.10. The number of halogens is 2. The van der Waals surface area contributed by atoms with Gasteiger partial charge in [0.2, 0.25) is 0 Å². The molecule has 0 fully saturated rings. The van der Waals surface area contributed by atoms with E-state index in [4.69, 9.17) is 5.11 Å². The third-order valence-corrected chi connectivity index (χ3v) is 1.74. The van der Waals surface area contributed by atoms with Gasteiger partial charge in [-0.2, -0.15) is 8.78 Å². The molecule has 1 aromatic rings. The zero-order valence-corrected chi connectivity index (χ0v) is 7.82. The molecule has 0 unspecified atom stereocenters. The quantitative estimate of drug-likeness (QED) is 0.764. The molecule has 0 aliphatic carbocycles. The average molecular weight is 216 g/mol. The summed E-state index contributed by atoms with van der Waals surface area (Å²) in [7, 11) is 0. The van der Waals surface area contributed by atoms with Gasteiger partial charge >= 0.3 is 6.61 Å². The fourth-order valence-corrected chi connectivity index (χ4v) is 1.07. The van der Waals surface area contributed by atoms with Crippen molar-refractivity contribution in [2.75, 3.05) is 6.61 Å². The van der Waals surface area contributed by atoms with Crippen molar-refractivity contribution < 1.29 is 23.4 Å². The van der Waals surface area contributed by atoms with Crippen LogP contribution in [0.1, 0.15) is 16.8 Å². The first-order valence-corrected chi connectivity index (χ1v) is 4.32. The Morgan fingerprint density at radius 2 is 1.93 bits per heavy atom. The van der Waals surface area contributed by atoms with E-state index in [9.17, 15) is 13.6 Å². The highest BCUT2D eigenvalue weighted by molar-refractivity contribution is 5.96. The van der Waals surface area contributed by atoms with Gasteiger partial charge in [-0.25, -0.2) is 0 Å². The molecule has 0 saturated carbocycles. The van der Waals surface area contributed by atoms with Gasteiger partial charge in [0.05, 0.1) is 6.61 Å². The van der Waals surface area contributed by atoms with Gasteiger partial charge in [-0.1, -0.05) is 0 Å². The summed E-state index contributed by atoms with van der Waals surface area (Å²) in [5, 5.41) is 8.53. The van der Waals surface area contributed by atoms with Crippen LogP contribution >= 0.6 is 0 Å². The lowest BCUT2D eigenvalue weighted by Gasteiger charge is -2.04. The standard InChI is InChI=1S/C10H10F2O3/c11-10(12)15-8-3-1-7(2-4-8)9(14)5-6-13/h1-4,10,13H,5-6H2. The van der Waals surface area contributed by atoms with E-state index in [-0.39, 0.29) is 24.6 Å². The lowest BCUT2D eigenvalue weighted by molar-refractivity contribution is -0.0498. The second-order valence-corrected chi connectivity index (χ2v) is 2.80. The Labute approximate surface area is 85.3 Å². The number of hydrogen-bond donors (Lipinski definition) is 1. The van der Waals surface area contributed by atoms with E-state index < -0.39 is 6.61 Å². The molecule has 0 amide bonds. The van der Waals surface area contributed by atoms with Crippen molar-refractivity contribution in [3.05, 3.63) is 29.8 Å². The van der Waals surface area contributed by atoms with Crippen molar-refractivity contribution in [2.24, 2.45) is 0 Å². The molecule has 5 heteroatoms. The number of ether oxygens (including phenoxy) is 1. The largest absolute Gasteiger partial charge is 0.435 e. The first-order chi connectivity index (χ1) is 7.13. The van der Waals surface area contributed by atoms with Crippen LogP contribution < -0.4 is 4.74 Å². The minimum atomic E-state index is -2.87. The van der Waals surface area contributed by atoms with Gasteiger partial charge in [0.1, 0.15) is 5.75 Å². The second kappa shape index (κ2) is 5.41. The molecule has 0 saturated heterocycles. The predicted molar refractivity (Wildman–Crippen MR) is 49.1 cm³/mol.